The van der Waals surface area contributed by atoms with Gasteiger partial charge in [0.15, 0.2) is 0 Å². The van der Waals surface area contributed by atoms with Crippen molar-refractivity contribution in [2.24, 2.45) is 0 Å². The summed E-state index contributed by atoms with van der Waals surface area (Å²) in [5, 5.41) is 8.16. The summed E-state index contributed by atoms with van der Waals surface area (Å²) >= 11 is 0. The Morgan fingerprint density at radius 2 is 1.89 bits per heavy atom. The maximum absolute atomic E-state index is 13.3. The van der Waals surface area contributed by atoms with E-state index < -0.39 is 15.8 Å². The van der Waals surface area contributed by atoms with Gasteiger partial charge in [0.05, 0.1) is 18.0 Å². The zero-order valence-electron chi connectivity index (χ0n) is 15.0. The lowest BCUT2D eigenvalue weighted by atomic mass is 10.2. The summed E-state index contributed by atoms with van der Waals surface area (Å²) in [4.78, 5) is 0. The van der Waals surface area contributed by atoms with Crippen LogP contribution in [0.4, 0.5) is 4.39 Å². The van der Waals surface area contributed by atoms with E-state index in [4.69, 9.17) is 4.74 Å². The molecule has 0 radical (unpaired) electrons. The van der Waals surface area contributed by atoms with E-state index in [-0.39, 0.29) is 18.4 Å². The van der Waals surface area contributed by atoms with Gasteiger partial charge in [0, 0.05) is 13.1 Å². The first kappa shape index (κ1) is 18.6. The molecule has 1 aliphatic heterocycles. The van der Waals surface area contributed by atoms with Crippen molar-refractivity contribution in [2.75, 3.05) is 13.1 Å². The Balaban J connectivity index is 1.32. The number of hydrogen-bond donors (Lipinski definition) is 0. The second kappa shape index (κ2) is 7.69. The predicted molar refractivity (Wildman–Crippen MR) is 100 cm³/mol. The number of benzene rings is 2. The fraction of sp³-hybridized carbons (Fsp3) is 0.263. The van der Waals surface area contributed by atoms with E-state index in [1.165, 1.54) is 22.5 Å². The topological polar surface area (TPSA) is 77.3 Å². The van der Waals surface area contributed by atoms with E-state index >= 15 is 0 Å². The van der Waals surface area contributed by atoms with Crippen LogP contribution in [0.2, 0.25) is 0 Å². The van der Waals surface area contributed by atoms with Crippen molar-refractivity contribution < 1.29 is 17.5 Å². The Morgan fingerprint density at radius 3 is 2.64 bits per heavy atom. The van der Waals surface area contributed by atoms with Gasteiger partial charge in [0.1, 0.15) is 23.9 Å². The zero-order chi connectivity index (χ0) is 19.6. The normalized spacial score (nSPS) is 15.3. The zero-order valence-corrected chi connectivity index (χ0v) is 15.8. The van der Waals surface area contributed by atoms with Gasteiger partial charge >= 0.3 is 0 Å². The van der Waals surface area contributed by atoms with E-state index in [0.717, 1.165) is 5.75 Å². The minimum atomic E-state index is -3.49. The van der Waals surface area contributed by atoms with Crippen LogP contribution in [0.5, 0.6) is 5.75 Å². The van der Waals surface area contributed by atoms with Crippen molar-refractivity contribution in [1.29, 1.82) is 0 Å². The van der Waals surface area contributed by atoms with Gasteiger partial charge in [0.2, 0.25) is 10.0 Å². The Hall–Kier alpha value is -2.78. The molecule has 0 amide bonds. The quantitative estimate of drug-likeness (QED) is 0.606. The number of halogens is 1. The SMILES string of the molecule is O=S(=O)(Cc1cccc(F)c1)N1CC(n2cc(COc3ccccc3)nn2)C1. The number of nitrogens with zero attached hydrogens (tertiary/aromatic N) is 4. The van der Waals surface area contributed by atoms with Gasteiger partial charge in [-0.2, -0.15) is 4.31 Å². The lowest BCUT2D eigenvalue weighted by molar-refractivity contribution is 0.188. The molecule has 2 heterocycles. The Morgan fingerprint density at radius 1 is 1.11 bits per heavy atom. The van der Waals surface area contributed by atoms with Crippen LogP contribution >= 0.6 is 0 Å². The Labute approximate surface area is 162 Å². The van der Waals surface area contributed by atoms with Gasteiger partial charge in [-0.15, -0.1) is 5.10 Å². The van der Waals surface area contributed by atoms with Crippen molar-refractivity contribution in [3.63, 3.8) is 0 Å². The number of para-hydroxylation sites is 1. The molecular weight excluding hydrogens is 383 g/mol. The Bertz CT molecular complexity index is 1050. The summed E-state index contributed by atoms with van der Waals surface area (Å²) in [6, 6.07) is 15.0. The van der Waals surface area contributed by atoms with Crippen LogP contribution in [0.25, 0.3) is 0 Å². The molecule has 0 atom stereocenters. The van der Waals surface area contributed by atoms with Crippen LogP contribution in [0, 0.1) is 5.82 Å². The monoisotopic (exact) mass is 402 g/mol. The molecule has 28 heavy (non-hydrogen) atoms. The maximum Gasteiger partial charge on any atom is 0.218 e. The van der Waals surface area contributed by atoms with Crippen LogP contribution in [0.15, 0.2) is 60.8 Å². The number of sulfonamides is 1. The van der Waals surface area contributed by atoms with E-state index in [1.807, 2.05) is 30.3 Å². The van der Waals surface area contributed by atoms with Gasteiger partial charge in [-0.3, -0.25) is 0 Å². The van der Waals surface area contributed by atoms with E-state index in [1.54, 1.807) is 16.9 Å². The van der Waals surface area contributed by atoms with Gasteiger partial charge in [0.25, 0.3) is 0 Å². The number of rotatable bonds is 7. The van der Waals surface area contributed by atoms with Crippen LogP contribution < -0.4 is 4.74 Å². The standard InChI is InChI=1S/C19H19FN4O3S/c20-16-6-4-5-15(9-16)14-28(25,26)23-11-18(12-23)24-10-17(21-22-24)13-27-19-7-2-1-3-8-19/h1-10,18H,11-14H2. The second-order valence-electron chi connectivity index (χ2n) is 6.65. The molecule has 0 bridgehead atoms. The first-order valence-electron chi connectivity index (χ1n) is 8.80. The molecule has 3 aromatic rings. The van der Waals surface area contributed by atoms with Crippen molar-refractivity contribution in [3.05, 3.63) is 77.9 Å². The molecule has 7 nitrogen and oxygen atoms in total. The Kier molecular flexibility index (Phi) is 5.10. The summed E-state index contributed by atoms with van der Waals surface area (Å²) in [6.45, 7) is 0.929. The third-order valence-corrected chi connectivity index (χ3v) is 6.31. The molecule has 4 rings (SSSR count). The first-order chi connectivity index (χ1) is 13.5. The molecule has 1 fully saturated rings. The van der Waals surface area contributed by atoms with Crippen molar-refractivity contribution in [2.45, 2.75) is 18.4 Å². The highest BCUT2D eigenvalue weighted by Gasteiger charge is 2.37. The summed E-state index contributed by atoms with van der Waals surface area (Å²) < 4.78 is 46.9. The smallest absolute Gasteiger partial charge is 0.218 e. The largest absolute Gasteiger partial charge is 0.487 e. The molecular formula is C19H19FN4O3S. The molecule has 0 spiro atoms. The molecule has 0 N–H and O–H groups in total. The first-order valence-corrected chi connectivity index (χ1v) is 10.4. The van der Waals surface area contributed by atoms with Crippen LogP contribution in [0.3, 0.4) is 0 Å². The fourth-order valence-electron chi connectivity index (χ4n) is 2.97. The average Bonchev–Trinajstić information content (AvgIpc) is 3.07. The number of hydrogen-bond acceptors (Lipinski definition) is 5. The van der Waals surface area contributed by atoms with Gasteiger partial charge < -0.3 is 4.74 Å². The summed E-state index contributed by atoms with van der Waals surface area (Å²) in [5.74, 6) is 0.0859. The van der Waals surface area contributed by atoms with Gasteiger partial charge in [-0.05, 0) is 29.8 Å². The lowest BCUT2D eigenvalue weighted by Gasteiger charge is -2.37. The molecule has 2 aromatic carbocycles. The second-order valence-corrected chi connectivity index (χ2v) is 8.62. The molecule has 9 heteroatoms. The highest BCUT2D eigenvalue weighted by Crippen LogP contribution is 2.26. The third kappa shape index (κ3) is 4.20. The highest BCUT2D eigenvalue weighted by atomic mass is 32.2. The molecule has 0 unspecified atom stereocenters. The van der Waals surface area contributed by atoms with Crippen LogP contribution in [0.1, 0.15) is 17.3 Å². The van der Waals surface area contributed by atoms with E-state index in [9.17, 15) is 12.8 Å². The fourth-order valence-corrected chi connectivity index (χ4v) is 4.55. The summed E-state index contributed by atoms with van der Waals surface area (Å²) in [6.07, 6.45) is 1.77. The maximum atomic E-state index is 13.3. The van der Waals surface area contributed by atoms with Crippen molar-refractivity contribution in [1.82, 2.24) is 19.3 Å². The molecule has 1 saturated heterocycles. The van der Waals surface area contributed by atoms with Crippen molar-refractivity contribution >= 4 is 10.0 Å². The van der Waals surface area contributed by atoms with E-state index in [2.05, 4.69) is 10.3 Å². The van der Waals surface area contributed by atoms with Crippen LogP contribution in [-0.2, 0) is 22.4 Å². The highest BCUT2D eigenvalue weighted by molar-refractivity contribution is 7.88. The molecule has 0 aliphatic carbocycles. The summed E-state index contributed by atoms with van der Waals surface area (Å²) in [7, 11) is -3.49. The van der Waals surface area contributed by atoms with E-state index in [0.29, 0.717) is 24.3 Å². The third-order valence-electron chi connectivity index (χ3n) is 4.52. The lowest BCUT2D eigenvalue weighted by Crippen LogP contribution is -2.51. The predicted octanol–water partition coefficient (Wildman–Crippen LogP) is 2.38. The number of ether oxygens (including phenoxy) is 1. The van der Waals surface area contributed by atoms with Crippen LogP contribution in [-0.4, -0.2) is 40.8 Å². The van der Waals surface area contributed by atoms with Gasteiger partial charge in [-0.25, -0.2) is 17.5 Å². The molecule has 1 aliphatic rings. The minimum Gasteiger partial charge on any atom is -0.487 e. The molecule has 1 aromatic heterocycles. The summed E-state index contributed by atoms with van der Waals surface area (Å²) in [5.41, 5.74) is 1.11. The number of aromatic nitrogens is 3. The van der Waals surface area contributed by atoms with Crippen molar-refractivity contribution in [3.8, 4) is 5.75 Å². The molecule has 0 saturated carbocycles. The molecule has 146 valence electrons. The van der Waals surface area contributed by atoms with Gasteiger partial charge in [-0.1, -0.05) is 35.5 Å². The average molecular weight is 402 g/mol. The minimum absolute atomic E-state index is 0.0692.